The Bertz CT molecular complexity index is 1440. The highest BCUT2D eigenvalue weighted by atomic mass is 32.2. The van der Waals surface area contributed by atoms with E-state index in [1.165, 1.54) is 11.8 Å². The van der Waals surface area contributed by atoms with Gasteiger partial charge in [0.2, 0.25) is 18.6 Å². The average molecular weight is 613 g/mol. The van der Waals surface area contributed by atoms with Gasteiger partial charge in [-0.05, 0) is 49.4 Å². The highest BCUT2D eigenvalue weighted by Gasteiger charge is 2.23. The molecule has 4 rings (SSSR count). The van der Waals surface area contributed by atoms with Crippen molar-refractivity contribution in [3.63, 3.8) is 0 Å². The van der Waals surface area contributed by atoms with Crippen molar-refractivity contribution in [2.24, 2.45) is 0 Å². The average Bonchev–Trinajstić information content (AvgIpc) is 3.48. The largest absolute Gasteiger partial charge is 0.497 e. The van der Waals surface area contributed by atoms with Gasteiger partial charge < -0.3 is 29.6 Å². The normalized spacial score (nSPS) is 12.7. The summed E-state index contributed by atoms with van der Waals surface area (Å²) in [6.45, 7) is 3.98. The third-order valence-electron chi connectivity index (χ3n) is 7.08. The Balaban J connectivity index is 1.39. The molecule has 0 saturated carbocycles. The van der Waals surface area contributed by atoms with Crippen LogP contribution in [-0.4, -0.2) is 60.8 Å². The van der Waals surface area contributed by atoms with Gasteiger partial charge in [-0.25, -0.2) is 4.98 Å². The lowest BCUT2D eigenvalue weighted by Crippen LogP contribution is -2.34. The van der Waals surface area contributed by atoms with Crippen LogP contribution in [0, 0.1) is 0 Å². The predicted octanol–water partition coefficient (Wildman–Crippen LogP) is 4.03. The lowest BCUT2D eigenvalue weighted by Gasteiger charge is -2.18. The zero-order chi connectivity index (χ0) is 30.6. The monoisotopic (exact) mass is 612 g/mol. The minimum atomic E-state index is -0.415. The zero-order valence-corrected chi connectivity index (χ0v) is 25.8. The molecule has 0 saturated heterocycles. The Hall–Kier alpha value is -3.77. The van der Waals surface area contributed by atoms with Crippen molar-refractivity contribution in [3.8, 4) is 17.2 Å². The standard InChI is InChI=1S/C31H40N4O7S/c1-4-27(29(37)32-14-8-16-39-2)43-31-34-24-18-26-25(41-20-42-26)17-23(24)30(38)35(31)15-7-5-6-9-28(36)33-19-21-10-12-22(40-3)13-11-21/h10-13,17-18,27H,4-9,14-16,19-20H2,1-3H3,(H,32,37)(H,33,36). The number of aromatic nitrogens is 2. The van der Waals surface area contributed by atoms with Gasteiger partial charge in [0.25, 0.3) is 5.56 Å². The second-order valence-corrected chi connectivity index (χ2v) is 11.3. The van der Waals surface area contributed by atoms with Crippen LogP contribution in [0.1, 0.15) is 51.0 Å². The van der Waals surface area contributed by atoms with Crippen molar-refractivity contribution in [1.29, 1.82) is 0 Å². The lowest BCUT2D eigenvalue weighted by molar-refractivity contribution is -0.121. The summed E-state index contributed by atoms with van der Waals surface area (Å²) in [6.07, 6.45) is 3.80. The van der Waals surface area contributed by atoms with Gasteiger partial charge >= 0.3 is 0 Å². The molecule has 2 heterocycles. The highest BCUT2D eigenvalue weighted by molar-refractivity contribution is 8.00. The number of nitrogens with one attached hydrogen (secondary N) is 2. The van der Waals surface area contributed by atoms with E-state index in [0.717, 1.165) is 24.2 Å². The topological polar surface area (TPSA) is 130 Å². The number of methoxy groups -OCH3 is 2. The first kappa shape index (κ1) is 32.2. The second-order valence-electron chi connectivity index (χ2n) is 10.2. The van der Waals surface area contributed by atoms with E-state index in [1.54, 1.807) is 30.9 Å². The number of rotatable bonds is 17. The van der Waals surface area contributed by atoms with Gasteiger partial charge in [0.1, 0.15) is 5.75 Å². The zero-order valence-electron chi connectivity index (χ0n) is 25.0. The third-order valence-corrected chi connectivity index (χ3v) is 8.44. The van der Waals surface area contributed by atoms with Crippen LogP contribution in [0.15, 0.2) is 46.3 Å². The van der Waals surface area contributed by atoms with Crippen LogP contribution in [-0.2, 0) is 27.4 Å². The van der Waals surface area contributed by atoms with Crippen molar-refractivity contribution in [2.75, 3.05) is 34.2 Å². The maximum absolute atomic E-state index is 13.7. The summed E-state index contributed by atoms with van der Waals surface area (Å²) in [7, 11) is 3.24. The molecule has 0 spiro atoms. The molecule has 0 radical (unpaired) electrons. The Kier molecular flexibility index (Phi) is 12.1. The van der Waals surface area contributed by atoms with Crippen LogP contribution in [0.3, 0.4) is 0 Å². The molecule has 2 N–H and O–H groups in total. The van der Waals surface area contributed by atoms with Gasteiger partial charge in [-0.2, -0.15) is 0 Å². The number of carbonyl (C=O) groups excluding carboxylic acids is 2. The van der Waals surface area contributed by atoms with Crippen molar-refractivity contribution in [1.82, 2.24) is 20.2 Å². The molecule has 43 heavy (non-hydrogen) atoms. The SMILES string of the molecule is CCC(Sc1nc2cc3c(cc2c(=O)n1CCCCCC(=O)NCc1ccc(OC)cc1)OCO3)C(=O)NCCCOC. The number of amides is 2. The summed E-state index contributed by atoms with van der Waals surface area (Å²) in [6, 6.07) is 11.0. The molecular formula is C31H40N4O7S. The van der Waals surface area contributed by atoms with Gasteiger partial charge in [0, 0.05) is 45.8 Å². The summed E-state index contributed by atoms with van der Waals surface area (Å²) in [4.78, 5) is 43.8. The Morgan fingerprint density at radius 1 is 1.05 bits per heavy atom. The number of nitrogens with zero attached hydrogens (tertiary/aromatic N) is 2. The molecule has 2 aromatic carbocycles. The lowest BCUT2D eigenvalue weighted by atomic mass is 10.1. The molecular weight excluding hydrogens is 572 g/mol. The highest BCUT2D eigenvalue weighted by Crippen LogP contribution is 2.35. The fourth-order valence-corrected chi connectivity index (χ4v) is 5.70. The van der Waals surface area contributed by atoms with E-state index in [9.17, 15) is 14.4 Å². The molecule has 0 aliphatic carbocycles. The van der Waals surface area contributed by atoms with Gasteiger partial charge in [-0.3, -0.25) is 19.0 Å². The summed E-state index contributed by atoms with van der Waals surface area (Å²) in [5.41, 5.74) is 1.30. The van der Waals surface area contributed by atoms with Crippen LogP contribution in [0.5, 0.6) is 17.2 Å². The number of thioether (sulfide) groups is 1. The number of benzene rings is 2. The van der Waals surface area contributed by atoms with E-state index in [0.29, 0.717) is 79.5 Å². The number of unbranched alkanes of at least 4 members (excludes halogenated alkanes) is 2. The van der Waals surface area contributed by atoms with Gasteiger partial charge in [0.15, 0.2) is 16.7 Å². The number of hydrogen-bond acceptors (Lipinski definition) is 9. The van der Waals surface area contributed by atoms with Crippen LogP contribution in [0.4, 0.5) is 0 Å². The maximum Gasteiger partial charge on any atom is 0.262 e. The first-order valence-corrected chi connectivity index (χ1v) is 15.5. The van der Waals surface area contributed by atoms with E-state index < -0.39 is 5.25 Å². The molecule has 1 aromatic heterocycles. The maximum atomic E-state index is 13.7. The number of fused-ring (bicyclic) bond motifs is 2. The third kappa shape index (κ3) is 8.87. The van der Waals surface area contributed by atoms with Crippen LogP contribution in [0.2, 0.25) is 0 Å². The summed E-state index contributed by atoms with van der Waals surface area (Å²) in [5, 5.41) is 6.40. The molecule has 0 bridgehead atoms. The van der Waals surface area contributed by atoms with Crippen LogP contribution < -0.4 is 30.4 Å². The number of carbonyl (C=O) groups is 2. The van der Waals surface area contributed by atoms with E-state index in [1.807, 2.05) is 31.2 Å². The Labute approximate surface area is 255 Å². The molecule has 12 heteroatoms. The van der Waals surface area contributed by atoms with E-state index in [-0.39, 0.29) is 24.2 Å². The van der Waals surface area contributed by atoms with Gasteiger partial charge in [-0.15, -0.1) is 0 Å². The van der Waals surface area contributed by atoms with Crippen molar-refractivity contribution >= 4 is 34.5 Å². The molecule has 0 fully saturated rings. The molecule has 3 aromatic rings. The van der Waals surface area contributed by atoms with Gasteiger partial charge in [-0.1, -0.05) is 37.2 Å². The van der Waals surface area contributed by atoms with Crippen LogP contribution >= 0.6 is 11.8 Å². The Morgan fingerprint density at radius 2 is 1.81 bits per heavy atom. The molecule has 1 aliphatic rings. The predicted molar refractivity (Wildman–Crippen MR) is 165 cm³/mol. The molecule has 232 valence electrons. The van der Waals surface area contributed by atoms with Crippen LogP contribution in [0.25, 0.3) is 10.9 Å². The van der Waals surface area contributed by atoms with Crippen molar-refractivity contribution in [3.05, 3.63) is 52.3 Å². The first-order chi connectivity index (χ1) is 20.9. The second kappa shape index (κ2) is 16.2. The Morgan fingerprint density at radius 3 is 2.53 bits per heavy atom. The summed E-state index contributed by atoms with van der Waals surface area (Å²) >= 11 is 1.29. The molecule has 1 atom stereocenters. The fourth-order valence-electron chi connectivity index (χ4n) is 4.63. The number of hydrogen-bond donors (Lipinski definition) is 2. The number of ether oxygens (including phenoxy) is 4. The molecule has 2 amide bonds. The van der Waals surface area contributed by atoms with E-state index >= 15 is 0 Å². The van der Waals surface area contributed by atoms with E-state index in [4.69, 9.17) is 23.9 Å². The van der Waals surface area contributed by atoms with E-state index in [2.05, 4.69) is 10.6 Å². The fraction of sp³-hybridized carbons (Fsp3) is 0.484. The molecule has 11 nitrogen and oxygen atoms in total. The minimum absolute atomic E-state index is 0.0185. The first-order valence-electron chi connectivity index (χ1n) is 14.6. The molecule has 1 aliphatic heterocycles. The summed E-state index contributed by atoms with van der Waals surface area (Å²) < 4.78 is 22.8. The van der Waals surface area contributed by atoms with Crippen molar-refractivity contribution in [2.45, 2.75) is 68.9 Å². The molecule has 1 unspecified atom stereocenters. The smallest absolute Gasteiger partial charge is 0.262 e. The van der Waals surface area contributed by atoms with Crippen molar-refractivity contribution < 1.29 is 28.5 Å². The summed E-state index contributed by atoms with van der Waals surface area (Å²) in [5.74, 6) is 1.71. The quantitative estimate of drug-likeness (QED) is 0.132. The minimum Gasteiger partial charge on any atom is -0.497 e. The van der Waals surface area contributed by atoms with Gasteiger partial charge in [0.05, 0.1) is 23.3 Å².